The van der Waals surface area contributed by atoms with Crippen LogP contribution >= 0.6 is 0 Å². The highest BCUT2D eigenvalue weighted by Gasteiger charge is 2.17. The minimum Gasteiger partial charge on any atom is -0.399 e. The monoisotopic (exact) mass is 281 g/mol. The molecule has 1 fully saturated rings. The van der Waals surface area contributed by atoms with Crippen LogP contribution in [0.1, 0.15) is 25.7 Å². The maximum atomic E-state index is 12.2. The standard InChI is InChI=1S/C13H19N3O2S/c1-16-10-4-2-3-5-13(16)15-19(17,18)12-8-6-11(14)7-9-12/h6-9H,2-5,10,14H2,1H3. The molecule has 2 rings (SSSR count). The van der Waals surface area contributed by atoms with E-state index in [2.05, 4.69) is 4.40 Å². The molecule has 0 atom stereocenters. The van der Waals surface area contributed by atoms with Crippen LogP contribution in [0.2, 0.25) is 0 Å². The summed E-state index contributed by atoms with van der Waals surface area (Å²) in [5.41, 5.74) is 6.10. The van der Waals surface area contributed by atoms with Crippen molar-refractivity contribution in [2.24, 2.45) is 4.40 Å². The van der Waals surface area contributed by atoms with Gasteiger partial charge >= 0.3 is 0 Å². The molecule has 0 amide bonds. The molecular weight excluding hydrogens is 262 g/mol. The SMILES string of the molecule is CN1CCCCCC1=NS(=O)(=O)c1ccc(N)cc1. The molecule has 1 aliphatic rings. The van der Waals surface area contributed by atoms with E-state index in [9.17, 15) is 8.42 Å². The van der Waals surface area contributed by atoms with E-state index >= 15 is 0 Å². The Morgan fingerprint density at radius 2 is 1.84 bits per heavy atom. The lowest BCUT2D eigenvalue weighted by molar-refractivity contribution is 0.494. The van der Waals surface area contributed by atoms with Crippen LogP contribution in [0.5, 0.6) is 0 Å². The summed E-state index contributed by atoms with van der Waals surface area (Å²) in [7, 11) is -1.74. The van der Waals surface area contributed by atoms with E-state index in [1.807, 2.05) is 11.9 Å². The molecule has 0 bridgehead atoms. The number of anilines is 1. The minimum atomic E-state index is -3.64. The van der Waals surface area contributed by atoms with Crippen LogP contribution in [0.4, 0.5) is 5.69 Å². The average Bonchev–Trinajstić information content (AvgIpc) is 2.55. The second kappa shape index (κ2) is 5.61. The predicted octanol–water partition coefficient (Wildman–Crippen LogP) is 1.86. The Morgan fingerprint density at radius 3 is 2.53 bits per heavy atom. The summed E-state index contributed by atoms with van der Waals surface area (Å²) < 4.78 is 28.4. The van der Waals surface area contributed by atoms with Crippen molar-refractivity contribution in [3.63, 3.8) is 0 Å². The molecule has 0 aromatic heterocycles. The number of hydrogen-bond acceptors (Lipinski definition) is 3. The maximum absolute atomic E-state index is 12.2. The highest BCUT2D eigenvalue weighted by Crippen LogP contribution is 2.17. The summed E-state index contributed by atoms with van der Waals surface area (Å²) in [6, 6.07) is 6.13. The van der Waals surface area contributed by atoms with Crippen LogP contribution in [0.25, 0.3) is 0 Å². The molecule has 1 saturated heterocycles. The van der Waals surface area contributed by atoms with Gasteiger partial charge in [0.25, 0.3) is 10.0 Å². The topological polar surface area (TPSA) is 75.8 Å². The fourth-order valence-corrected chi connectivity index (χ4v) is 3.17. The second-order valence-electron chi connectivity index (χ2n) is 4.78. The number of nitrogens with two attached hydrogens (primary N) is 1. The summed E-state index contributed by atoms with van der Waals surface area (Å²) in [5, 5.41) is 0. The molecule has 0 radical (unpaired) electrons. The average molecular weight is 281 g/mol. The van der Waals surface area contributed by atoms with Crippen molar-refractivity contribution >= 4 is 21.5 Å². The molecule has 0 saturated carbocycles. The Hall–Kier alpha value is -1.56. The Kier molecular flexibility index (Phi) is 4.09. The van der Waals surface area contributed by atoms with Gasteiger partial charge in [-0.25, -0.2) is 0 Å². The van der Waals surface area contributed by atoms with Gasteiger partial charge in [0.1, 0.15) is 5.84 Å². The quantitative estimate of drug-likeness (QED) is 0.840. The summed E-state index contributed by atoms with van der Waals surface area (Å²) in [5.74, 6) is 0.648. The first-order valence-electron chi connectivity index (χ1n) is 6.39. The van der Waals surface area contributed by atoms with E-state index in [0.29, 0.717) is 17.9 Å². The molecule has 6 heteroatoms. The van der Waals surface area contributed by atoms with Gasteiger partial charge in [-0.2, -0.15) is 8.42 Å². The van der Waals surface area contributed by atoms with Gasteiger partial charge in [-0.05, 0) is 37.1 Å². The van der Waals surface area contributed by atoms with Gasteiger partial charge in [-0.15, -0.1) is 4.40 Å². The van der Waals surface area contributed by atoms with E-state index < -0.39 is 10.0 Å². The first kappa shape index (κ1) is 13.9. The van der Waals surface area contributed by atoms with Crippen LogP contribution in [0.3, 0.4) is 0 Å². The van der Waals surface area contributed by atoms with Gasteiger partial charge in [-0.1, -0.05) is 6.42 Å². The number of likely N-dealkylation sites (tertiary alicyclic amines) is 1. The Morgan fingerprint density at radius 1 is 1.16 bits per heavy atom. The molecule has 2 N–H and O–H groups in total. The maximum Gasteiger partial charge on any atom is 0.283 e. The Labute approximate surface area is 114 Å². The normalized spacial score (nSPS) is 19.4. The van der Waals surface area contributed by atoms with Crippen LogP contribution in [-0.2, 0) is 10.0 Å². The van der Waals surface area contributed by atoms with Crippen molar-refractivity contribution in [3.8, 4) is 0 Å². The van der Waals surface area contributed by atoms with Gasteiger partial charge < -0.3 is 10.6 Å². The van der Waals surface area contributed by atoms with Gasteiger partial charge in [-0.3, -0.25) is 0 Å². The molecule has 1 aromatic carbocycles. The molecule has 0 aliphatic carbocycles. The van der Waals surface area contributed by atoms with Gasteiger partial charge in [0.2, 0.25) is 0 Å². The number of rotatable bonds is 2. The van der Waals surface area contributed by atoms with E-state index in [1.54, 1.807) is 12.1 Å². The fraction of sp³-hybridized carbons (Fsp3) is 0.462. The van der Waals surface area contributed by atoms with Gasteiger partial charge in [0.05, 0.1) is 4.90 Å². The molecule has 19 heavy (non-hydrogen) atoms. The number of sulfonamides is 1. The van der Waals surface area contributed by atoms with Crippen LogP contribution in [0.15, 0.2) is 33.6 Å². The van der Waals surface area contributed by atoms with E-state index in [1.165, 1.54) is 12.1 Å². The largest absolute Gasteiger partial charge is 0.399 e. The highest BCUT2D eigenvalue weighted by atomic mass is 32.2. The third-order valence-electron chi connectivity index (χ3n) is 3.24. The molecule has 1 aromatic rings. The third kappa shape index (κ3) is 3.47. The fourth-order valence-electron chi connectivity index (χ4n) is 2.08. The van der Waals surface area contributed by atoms with Gasteiger partial charge in [0.15, 0.2) is 0 Å². The molecule has 0 spiro atoms. The molecular formula is C13H19N3O2S. The molecule has 5 nitrogen and oxygen atoms in total. The van der Waals surface area contributed by atoms with Crippen molar-refractivity contribution in [1.82, 2.24) is 4.90 Å². The Balaban J connectivity index is 2.31. The highest BCUT2D eigenvalue weighted by molar-refractivity contribution is 7.90. The summed E-state index contributed by atoms with van der Waals surface area (Å²) in [6.07, 6.45) is 3.90. The molecule has 104 valence electrons. The zero-order valence-electron chi connectivity index (χ0n) is 11.0. The first-order chi connectivity index (χ1) is 8.99. The van der Waals surface area contributed by atoms with Crippen molar-refractivity contribution < 1.29 is 8.42 Å². The summed E-state index contributed by atoms with van der Waals surface area (Å²) >= 11 is 0. The van der Waals surface area contributed by atoms with Crippen molar-refractivity contribution in [3.05, 3.63) is 24.3 Å². The Bertz CT molecular complexity index is 564. The summed E-state index contributed by atoms with van der Waals surface area (Å²) in [4.78, 5) is 2.12. The number of nitrogen functional groups attached to an aromatic ring is 1. The van der Waals surface area contributed by atoms with E-state index in [0.717, 1.165) is 25.8 Å². The van der Waals surface area contributed by atoms with Crippen LogP contribution in [-0.4, -0.2) is 32.7 Å². The smallest absolute Gasteiger partial charge is 0.283 e. The zero-order valence-corrected chi connectivity index (χ0v) is 11.9. The molecule has 0 unspecified atom stereocenters. The van der Waals surface area contributed by atoms with E-state index in [-0.39, 0.29) is 4.90 Å². The van der Waals surface area contributed by atoms with Gasteiger partial charge in [0, 0.05) is 25.7 Å². The number of benzene rings is 1. The minimum absolute atomic E-state index is 0.187. The second-order valence-corrected chi connectivity index (χ2v) is 6.39. The third-order valence-corrected chi connectivity index (χ3v) is 4.56. The zero-order chi connectivity index (χ0) is 13.9. The van der Waals surface area contributed by atoms with Crippen molar-refractivity contribution in [2.75, 3.05) is 19.3 Å². The van der Waals surface area contributed by atoms with Crippen molar-refractivity contribution in [1.29, 1.82) is 0 Å². The lowest BCUT2D eigenvalue weighted by Gasteiger charge is -2.17. The summed E-state index contributed by atoms with van der Waals surface area (Å²) in [6.45, 7) is 0.857. The van der Waals surface area contributed by atoms with Crippen LogP contribution in [0, 0.1) is 0 Å². The first-order valence-corrected chi connectivity index (χ1v) is 7.83. The number of hydrogen-bond donors (Lipinski definition) is 1. The lowest BCUT2D eigenvalue weighted by Crippen LogP contribution is -2.26. The van der Waals surface area contributed by atoms with E-state index in [4.69, 9.17) is 5.73 Å². The molecule has 1 heterocycles. The molecule has 1 aliphatic heterocycles. The van der Waals surface area contributed by atoms with Crippen LogP contribution < -0.4 is 5.73 Å². The number of nitrogens with zero attached hydrogens (tertiary/aromatic N) is 2. The predicted molar refractivity (Wildman–Crippen MR) is 76.6 cm³/mol. The lowest BCUT2D eigenvalue weighted by atomic mass is 10.2. The number of amidine groups is 1. The van der Waals surface area contributed by atoms with Crippen molar-refractivity contribution in [2.45, 2.75) is 30.6 Å².